The van der Waals surface area contributed by atoms with Crippen molar-refractivity contribution in [2.45, 2.75) is 59.2 Å². The van der Waals surface area contributed by atoms with Crippen LogP contribution >= 0.6 is 11.3 Å². The van der Waals surface area contributed by atoms with Gasteiger partial charge in [0.05, 0.1) is 6.54 Å². The normalized spacial score (nSPS) is 11.7. The third-order valence-electron chi connectivity index (χ3n) is 5.06. The Morgan fingerprint density at radius 2 is 1.87 bits per heavy atom. The van der Waals surface area contributed by atoms with Gasteiger partial charge in [0.15, 0.2) is 0 Å². The van der Waals surface area contributed by atoms with Gasteiger partial charge in [0.2, 0.25) is 5.91 Å². The van der Waals surface area contributed by atoms with Crippen LogP contribution < -0.4 is 5.32 Å². The Balaban J connectivity index is 2.14. The summed E-state index contributed by atoms with van der Waals surface area (Å²) in [6.45, 7) is 7.46. The number of urea groups is 1. The Bertz CT molecular complexity index is 780. The molecule has 2 rings (SSSR count). The van der Waals surface area contributed by atoms with Gasteiger partial charge in [-0.2, -0.15) is 0 Å². The van der Waals surface area contributed by atoms with Crippen LogP contribution in [0.2, 0.25) is 0 Å². The number of hydrogen-bond donors (Lipinski definition) is 1. The molecule has 0 spiro atoms. The standard InChI is InChI=1S/C23H32FN3O2S/c1-4-6-13-25-23(29)27(18(3)5-2)17-22(28)26(16-21-8-7-14-30-21)15-19-9-11-20(24)12-10-19/h7-12,14,18H,4-6,13,15-17H2,1-3H3,(H,25,29). The lowest BCUT2D eigenvalue weighted by Crippen LogP contribution is -2.50. The fourth-order valence-electron chi connectivity index (χ4n) is 3.00. The van der Waals surface area contributed by atoms with E-state index in [1.165, 1.54) is 12.1 Å². The van der Waals surface area contributed by atoms with Crippen LogP contribution in [0, 0.1) is 5.82 Å². The van der Waals surface area contributed by atoms with Crippen LogP contribution in [0.3, 0.4) is 0 Å². The van der Waals surface area contributed by atoms with E-state index >= 15 is 0 Å². The molecule has 1 heterocycles. The van der Waals surface area contributed by atoms with Gasteiger partial charge in [-0.25, -0.2) is 9.18 Å². The molecule has 0 fully saturated rings. The second-order valence-electron chi connectivity index (χ2n) is 7.43. The average Bonchev–Trinajstić information content (AvgIpc) is 3.25. The third kappa shape index (κ3) is 7.44. The molecule has 164 valence electrons. The van der Waals surface area contributed by atoms with E-state index in [1.54, 1.807) is 33.3 Å². The first-order valence-electron chi connectivity index (χ1n) is 10.5. The van der Waals surface area contributed by atoms with Crippen molar-refractivity contribution in [3.05, 3.63) is 58.0 Å². The summed E-state index contributed by atoms with van der Waals surface area (Å²) in [7, 11) is 0. The Kier molecular flexibility index (Phi) is 9.80. The Morgan fingerprint density at radius 3 is 2.47 bits per heavy atom. The lowest BCUT2D eigenvalue weighted by Gasteiger charge is -2.31. The van der Waals surface area contributed by atoms with E-state index in [0.29, 0.717) is 19.6 Å². The molecule has 3 amide bonds. The molecule has 0 aliphatic rings. The highest BCUT2D eigenvalue weighted by molar-refractivity contribution is 7.09. The van der Waals surface area contributed by atoms with Gasteiger partial charge in [-0.3, -0.25) is 4.79 Å². The molecular weight excluding hydrogens is 401 g/mol. The monoisotopic (exact) mass is 433 g/mol. The van der Waals surface area contributed by atoms with Crippen molar-refractivity contribution in [3.63, 3.8) is 0 Å². The maximum Gasteiger partial charge on any atom is 0.318 e. The molecule has 1 atom stereocenters. The molecule has 0 aliphatic heterocycles. The zero-order valence-electron chi connectivity index (χ0n) is 18.1. The van der Waals surface area contributed by atoms with Crippen LogP contribution in [-0.4, -0.2) is 40.9 Å². The Labute approximate surface area is 182 Å². The van der Waals surface area contributed by atoms with E-state index in [0.717, 1.165) is 29.7 Å². The van der Waals surface area contributed by atoms with Crippen molar-refractivity contribution in [2.24, 2.45) is 0 Å². The SMILES string of the molecule is CCCCNC(=O)N(CC(=O)N(Cc1ccc(F)cc1)Cc1cccs1)C(C)CC. The second kappa shape index (κ2) is 12.3. The highest BCUT2D eigenvalue weighted by atomic mass is 32.1. The number of nitrogens with zero attached hydrogens (tertiary/aromatic N) is 2. The number of hydrogen-bond acceptors (Lipinski definition) is 3. The van der Waals surface area contributed by atoms with Crippen molar-refractivity contribution in [1.82, 2.24) is 15.1 Å². The van der Waals surface area contributed by atoms with E-state index in [-0.39, 0.29) is 30.3 Å². The Morgan fingerprint density at radius 1 is 1.13 bits per heavy atom. The summed E-state index contributed by atoms with van der Waals surface area (Å²) in [5.74, 6) is -0.430. The van der Waals surface area contributed by atoms with Crippen LogP contribution in [0.1, 0.15) is 50.5 Å². The first kappa shape index (κ1) is 23.9. The highest BCUT2D eigenvalue weighted by Gasteiger charge is 2.25. The molecule has 1 N–H and O–H groups in total. The molecule has 0 saturated heterocycles. The zero-order valence-corrected chi connectivity index (χ0v) is 18.9. The summed E-state index contributed by atoms with van der Waals surface area (Å²) in [4.78, 5) is 30.3. The van der Waals surface area contributed by atoms with Gasteiger partial charge in [-0.1, -0.05) is 38.5 Å². The minimum Gasteiger partial charge on any atom is -0.338 e. The molecule has 1 unspecified atom stereocenters. The Hall–Kier alpha value is -2.41. The number of carbonyl (C=O) groups is 2. The molecule has 7 heteroatoms. The summed E-state index contributed by atoms with van der Waals surface area (Å²) >= 11 is 1.58. The first-order valence-corrected chi connectivity index (χ1v) is 11.4. The smallest absolute Gasteiger partial charge is 0.318 e. The van der Waals surface area contributed by atoms with Crippen molar-refractivity contribution in [1.29, 1.82) is 0 Å². The molecule has 0 radical (unpaired) electrons. The van der Waals surface area contributed by atoms with E-state index in [2.05, 4.69) is 12.2 Å². The third-order valence-corrected chi connectivity index (χ3v) is 5.92. The van der Waals surface area contributed by atoms with Crippen molar-refractivity contribution in [3.8, 4) is 0 Å². The quantitative estimate of drug-likeness (QED) is 0.506. The predicted octanol–water partition coefficient (Wildman–Crippen LogP) is 5.03. The summed E-state index contributed by atoms with van der Waals surface area (Å²) in [5, 5.41) is 4.90. The van der Waals surface area contributed by atoms with Gasteiger partial charge < -0.3 is 15.1 Å². The largest absolute Gasteiger partial charge is 0.338 e. The first-order chi connectivity index (χ1) is 14.4. The van der Waals surface area contributed by atoms with Gasteiger partial charge in [-0.15, -0.1) is 11.3 Å². The molecule has 1 aromatic heterocycles. The topological polar surface area (TPSA) is 52.7 Å². The minimum atomic E-state index is -0.304. The van der Waals surface area contributed by atoms with E-state index < -0.39 is 0 Å². The van der Waals surface area contributed by atoms with Gasteiger partial charge in [0, 0.05) is 24.0 Å². The number of benzene rings is 1. The lowest BCUT2D eigenvalue weighted by atomic mass is 10.2. The van der Waals surface area contributed by atoms with Crippen molar-refractivity contribution in [2.75, 3.05) is 13.1 Å². The van der Waals surface area contributed by atoms with Gasteiger partial charge >= 0.3 is 6.03 Å². The molecule has 0 saturated carbocycles. The van der Waals surface area contributed by atoms with E-state index in [9.17, 15) is 14.0 Å². The minimum absolute atomic E-state index is 0.0134. The van der Waals surface area contributed by atoms with Crippen LogP contribution in [0.15, 0.2) is 41.8 Å². The number of unbranched alkanes of at least 4 members (excludes halogenated alkanes) is 1. The van der Waals surface area contributed by atoms with Gasteiger partial charge in [0.1, 0.15) is 12.4 Å². The number of nitrogens with one attached hydrogen (secondary N) is 1. The molecule has 0 aliphatic carbocycles. The highest BCUT2D eigenvalue weighted by Crippen LogP contribution is 2.16. The summed E-state index contributed by atoms with van der Waals surface area (Å²) in [6.07, 6.45) is 2.66. The number of halogens is 1. The number of amides is 3. The molecule has 2 aromatic rings. The lowest BCUT2D eigenvalue weighted by molar-refractivity contribution is -0.133. The van der Waals surface area contributed by atoms with Gasteiger partial charge in [0.25, 0.3) is 0 Å². The van der Waals surface area contributed by atoms with Gasteiger partial charge in [-0.05, 0) is 48.9 Å². The van der Waals surface area contributed by atoms with E-state index in [1.807, 2.05) is 31.4 Å². The predicted molar refractivity (Wildman–Crippen MR) is 120 cm³/mol. The summed E-state index contributed by atoms with van der Waals surface area (Å²) in [6, 6.07) is 9.86. The molecular formula is C23H32FN3O2S. The molecule has 0 bridgehead atoms. The fraction of sp³-hybridized carbons (Fsp3) is 0.478. The molecule has 30 heavy (non-hydrogen) atoms. The van der Waals surface area contributed by atoms with Crippen LogP contribution in [-0.2, 0) is 17.9 Å². The molecule has 5 nitrogen and oxygen atoms in total. The summed E-state index contributed by atoms with van der Waals surface area (Å²) < 4.78 is 13.3. The fourth-order valence-corrected chi connectivity index (χ4v) is 3.72. The second-order valence-corrected chi connectivity index (χ2v) is 8.46. The maximum atomic E-state index is 13.3. The maximum absolute atomic E-state index is 13.3. The number of thiophene rings is 1. The van der Waals surface area contributed by atoms with Crippen molar-refractivity contribution < 1.29 is 14.0 Å². The zero-order chi connectivity index (χ0) is 21.9. The van der Waals surface area contributed by atoms with Crippen LogP contribution in [0.25, 0.3) is 0 Å². The average molecular weight is 434 g/mol. The van der Waals surface area contributed by atoms with Crippen LogP contribution in [0.4, 0.5) is 9.18 Å². The number of rotatable bonds is 11. The van der Waals surface area contributed by atoms with Crippen LogP contribution in [0.5, 0.6) is 0 Å². The van der Waals surface area contributed by atoms with E-state index in [4.69, 9.17) is 0 Å². The number of carbonyl (C=O) groups excluding carboxylic acids is 2. The van der Waals surface area contributed by atoms with Crippen molar-refractivity contribution >= 4 is 23.3 Å². The summed E-state index contributed by atoms with van der Waals surface area (Å²) in [5.41, 5.74) is 0.851. The molecule has 1 aromatic carbocycles.